The number of carbonyl (C=O) groups excluding carboxylic acids is 2. The third kappa shape index (κ3) is 5.72. The molecule has 29 heavy (non-hydrogen) atoms. The molecule has 2 aromatic rings. The topological polar surface area (TPSA) is 55.4 Å². The van der Waals surface area contributed by atoms with Gasteiger partial charge in [-0.25, -0.2) is 0 Å². The van der Waals surface area contributed by atoms with E-state index in [2.05, 4.69) is 0 Å². The van der Waals surface area contributed by atoms with E-state index in [4.69, 9.17) is 4.74 Å². The molecule has 0 heterocycles. The van der Waals surface area contributed by atoms with Crippen LogP contribution in [0.5, 0.6) is 5.75 Å². The summed E-state index contributed by atoms with van der Waals surface area (Å²) in [5.74, 6) is -0.927. The fourth-order valence-electron chi connectivity index (χ4n) is 2.54. The van der Waals surface area contributed by atoms with Gasteiger partial charge in [0.1, 0.15) is 5.75 Å². The first-order valence-corrected chi connectivity index (χ1v) is 8.08. The number of ether oxygens (including phenoxy) is 1. The van der Waals surface area contributed by atoms with E-state index in [0.29, 0.717) is 12.1 Å². The Morgan fingerprint density at radius 2 is 1.48 bits per heavy atom. The zero-order chi connectivity index (χ0) is 22.0. The number of methoxy groups -OCH3 is 1. The van der Waals surface area contributed by atoms with Crippen molar-refractivity contribution in [3.8, 4) is 5.75 Å². The molecule has 0 aliphatic heterocycles. The molecule has 156 valence electrons. The molecular formula is C19H15F6NO3. The number of Topliss-reactive ketones (excluding diaryl/α,β-unsaturated/α-hetero) is 1. The highest BCUT2D eigenvalue weighted by molar-refractivity contribution is 5.96. The lowest BCUT2D eigenvalue weighted by atomic mass is 10.0. The van der Waals surface area contributed by atoms with Gasteiger partial charge in [-0.05, 0) is 43.3 Å². The number of anilines is 1. The number of hydrogen-bond donors (Lipinski definition) is 1. The fourth-order valence-corrected chi connectivity index (χ4v) is 2.54. The van der Waals surface area contributed by atoms with Crippen LogP contribution in [0.3, 0.4) is 0 Å². The van der Waals surface area contributed by atoms with Crippen molar-refractivity contribution in [1.82, 2.24) is 0 Å². The van der Waals surface area contributed by atoms with Crippen molar-refractivity contribution in [3.63, 3.8) is 0 Å². The van der Waals surface area contributed by atoms with Crippen molar-refractivity contribution >= 4 is 17.4 Å². The molecule has 0 saturated heterocycles. The van der Waals surface area contributed by atoms with E-state index in [-0.39, 0.29) is 28.7 Å². The molecule has 0 spiro atoms. The largest absolute Gasteiger partial charge is 0.496 e. The van der Waals surface area contributed by atoms with Gasteiger partial charge in [-0.3, -0.25) is 9.59 Å². The zero-order valence-corrected chi connectivity index (χ0v) is 15.2. The van der Waals surface area contributed by atoms with Gasteiger partial charge in [-0.1, -0.05) is 0 Å². The molecule has 1 N–H and O–H groups in total. The SMILES string of the molecule is COc1ccc(C(C)=O)cc1CC(=O)Nc1cc(C(F)(F)F)cc(C(F)(F)F)c1. The first-order valence-electron chi connectivity index (χ1n) is 8.08. The molecule has 0 saturated carbocycles. The second-order valence-corrected chi connectivity index (χ2v) is 6.10. The Morgan fingerprint density at radius 1 is 0.931 bits per heavy atom. The Hall–Kier alpha value is -3.04. The maximum absolute atomic E-state index is 12.9. The van der Waals surface area contributed by atoms with Gasteiger partial charge in [0.2, 0.25) is 5.91 Å². The van der Waals surface area contributed by atoms with Crippen LogP contribution in [0.1, 0.15) is 34.0 Å². The highest BCUT2D eigenvalue weighted by Gasteiger charge is 2.37. The number of benzene rings is 2. The van der Waals surface area contributed by atoms with Gasteiger partial charge < -0.3 is 10.1 Å². The summed E-state index contributed by atoms with van der Waals surface area (Å²) in [7, 11) is 1.31. The Bertz CT molecular complexity index is 902. The summed E-state index contributed by atoms with van der Waals surface area (Å²) in [4.78, 5) is 23.7. The van der Waals surface area contributed by atoms with Crippen LogP contribution in [0, 0.1) is 0 Å². The Kier molecular flexibility index (Phi) is 6.24. The van der Waals surface area contributed by atoms with Crippen molar-refractivity contribution < 1.29 is 40.7 Å². The highest BCUT2D eigenvalue weighted by Crippen LogP contribution is 2.37. The molecule has 0 radical (unpaired) electrons. The lowest BCUT2D eigenvalue weighted by molar-refractivity contribution is -0.143. The van der Waals surface area contributed by atoms with Crippen molar-refractivity contribution in [2.24, 2.45) is 0 Å². The molecule has 0 fully saturated rings. The third-order valence-corrected chi connectivity index (χ3v) is 3.91. The number of rotatable bonds is 5. The van der Waals surface area contributed by atoms with Gasteiger partial charge in [0, 0.05) is 16.8 Å². The molecule has 0 atom stereocenters. The number of ketones is 1. The number of hydrogen-bond acceptors (Lipinski definition) is 3. The van der Waals surface area contributed by atoms with Crippen LogP contribution >= 0.6 is 0 Å². The van der Waals surface area contributed by atoms with Crippen LogP contribution in [0.25, 0.3) is 0 Å². The maximum Gasteiger partial charge on any atom is 0.416 e. The average molecular weight is 419 g/mol. The Balaban J connectivity index is 2.34. The minimum Gasteiger partial charge on any atom is -0.496 e. The second kappa shape index (κ2) is 8.14. The second-order valence-electron chi connectivity index (χ2n) is 6.10. The quantitative estimate of drug-likeness (QED) is 0.541. The van der Waals surface area contributed by atoms with Crippen LogP contribution < -0.4 is 10.1 Å². The molecule has 4 nitrogen and oxygen atoms in total. The Labute approximate surface area is 161 Å². The normalized spacial score (nSPS) is 11.9. The molecule has 0 aliphatic rings. The van der Waals surface area contributed by atoms with E-state index in [1.54, 1.807) is 0 Å². The Morgan fingerprint density at radius 3 is 1.93 bits per heavy atom. The van der Waals surface area contributed by atoms with E-state index in [9.17, 15) is 35.9 Å². The summed E-state index contributed by atoms with van der Waals surface area (Å²) in [6.45, 7) is 1.30. The van der Waals surface area contributed by atoms with Crippen molar-refractivity contribution in [2.45, 2.75) is 25.7 Å². The number of nitrogens with one attached hydrogen (secondary N) is 1. The number of alkyl halides is 6. The molecule has 1 amide bonds. The first-order chi connectivity index (χ1) is 13.3. The van der Waals surface area contributed by atoms with E-state index in [0.717, 1.165) is 0 Å². The zero-order valence-electron chi connectivity index (χ0n) is 15.2. The lowest BCUT2D eigenvalue weighted by Crippen LogP contribution is -2.17. The van der Waals surface area contributed by atoms with Gasteiger partial charge in [0.25, 0.3) is 0 Å². The molecule has 0 unspecified atom stereocenters. The minimum absolute atomic E-state index is 0.0327. The first kappa shape index (κ1) is 22.3. The monoisotopic (exact) mass is 419 g/mol. The van der Waals surface area contributed by atoms with Crippen molar-refractivity contribution in [3.05, 3.63) is 58.7 Å². The molecular weight excluding hydrogens is 404 g/mol. The number of carbonyl (C=O) groups is 2. The summed E-state index contributed by atoms with van der Waals surface area (Å²) in [5.41, 5.74) is -3.22. The van der Waals surface area contributed by atoms with E-state index in [1.165, 1.54) is 32.2 Å². The van der Waals surface area contributed by atoms with E-state index in [1.807, 2.05) is 5.32 Å². The fraction of sp³-hybridized carbons (Fsp3) is 0.263. The standard InChI is InChI=1S/C19H15F6NO3/c1-10(27)11-3-4-16(29-2)12(5-11)6-17(28)26-15-8-13(18(20,21)22)7-14(9-15)19(23,24)25/h3-5,7-9H,6H2,1-2H3,(H,26,28). The smallest absolute Gasteiger partial charge is 0.416 e. The molecule has 10 heteroatoms. The van der Waals surface area contributed by atoms with Gasteiger partial charge in [0.15, 0.2) is 5.78 Å². The van der Waals surface area contributed by atoms with Crippen LogP contribution in [0.2, 0.25) is 0 Å². The van der Waals surface area contributed by atoms with Gasteiger partial charge >= 0.3 is 12.4 Å². The molecule has 2 rings (SSSR count). The summed E-state index contributed by atoms with van der Waals surface area (Å²) >= 11 is 0. The van der Waals surface area contributed by atoms with Crippen molar-refractivity contribution in [1.29, 1.82) is 0 Å². The minimum atomic E-state index is -5.03. The lowest BCUT2D eigenvalue weighted by Gasteiger charge is -2.15. The van der Waals surface area contributed by atoms with E-state index >= 15 is 0 Å². The predicted octanol–water partition coefficient (Wildman–Crippen LogP) is 5.12. The maximum atomic E-state index is 12.9. The third-order valence-electron chi connectivity index (χ3n) is 3.91. The van der Waals surface area contributed by atoms with Crippen LogP contribution in [0.4, 0.5) is 32.0 Å². The highest BCUT2D eigenvalue weighted by atomic mass is 19.4. The van der Waals surface area contributed by atoms with Crippen LogP contribution in [-0.4, -0.2) is 18.8 Å². The summed E-state index contributed by atoms with van der Waals surface area (Å²) < 4.78 is 82.5. The molecule has 0 aromatic heterocycles. The molecule has 0 aliphatic carbocycles. The van der Waals surface area contributed by atoms with E-state index < -0.39 is 41.5 Å². The van der Waals surface area contributed by atoms with Gasteiger partial charge in [0.05, 0.1) is 24.7 Å². The van der Waals surface area contributed by atoms with Gasteiger partial charge in [-0.2, -0.15) is 26.3 Å². The summed E-state index contributed by atoms with van der Waals surface area (Å²) in [6, 6.07) is 5.06. The molecule has 2 aromatic carbocycles. The molecule has 0 bridgehead atoms. The van der Waals surface area contributed by atoms with Crippen molar-refractivity contribution in [2.75, 3.05) is 12.4 Å². The van der Waals surface area contributed by atoms with Crippen LogP contribution in [-0.2, 0) is 23.6 Å². The predicted molar refractivity (Wildman–Crippen MR) is 91.8 cm³/mol. The van der Waals surface area contributed by atoms with Crippen LogP contribution in [0.15, 0.2) is 36.4 Å². The summed E-state index contributed by atoms with van der Waals surface area (Å²) in [6.07, 6.45) is -10.5. The number of amides is 1. The van der Waals surface area contributed by atoms with Gasteiger partial charge in [-0.15, -0.1) is 0 Å². The average Bonchev–Trinajstić information content (AvgIpc) is 2.59. The summed E-state index contributed by atoms with van der Waals surface area (Å²) in [5, 5.41) is 2.04. The number of halogens is 6.